The van der Waals surface area contributed by atoms with E-state index in [0.29, 0.717) is 6.04 Å². The van der Waals surface area contributed by atoms with Crippen molar-refractivity contribution in [1.82, 2.24) is 4.90 Å². The van der Waals surface area contributed by atoms with Crippen molar-refractivity contribution in [3.05, 3.63) is 0 Å². The molecule has 1 saturated heterocycles. The van der Waals surface area contributed by atoms with Crippen LogP contribution in [0.4, 0.5) is 0 Å². The maximum Gasteiger partial charge on any atom is 0.0682 e. The highest BCUT2D eigenvalue weighted by Crippen LogP contribution is 2.20. The fourth-order valence-corrected chi connectivity index (χ4v) is 2.02. The third-order valence-electron chi connectivity index (χ3n) is 2.78. The highest BCUT2D eigenvalue weighted by Gasteiger charge is 2.28. The van der Waals surface area contributed by atoms with Crippen molar-refractivity contribution in [3.63, 3.8) is 0 Å². The zero-order valence-corrected chi connectivity index (χ0v) is 8.29. The van der Waals surface area contributed by atoms with Crippen molar-refractivity contribution in [2.75, 3.05) is 13.1 Å². The molecule has 1 heterocycles. The van der Waals surface area contributed by atoms with Crippen LogP contribution in [0.3, 0.4) is 0 Å². The average molecular weight is 171 g/mol. The van der Waals surface area contributed by atoms with Crippen molar-refractivity contribution in [2.45, 2.75) is 51.7 Å². The molecule has 0 unspecified atom stereocenters. The minimum Gasteiger partial charge on any atom is -0.392 e. The van der Waals surface area contributed by atoms with E-state index in [2.05, 4.69) is 18.7 Å². The zero-order chi connectivity index (χ0) is 8.97. The van der Waals surface area contributed by atoms with Gasteiger partial charge in [-0.1, -0.05) is 20.3 Å². The maximum atomic E-state index is 9.46. The summed E-state index contributed by atoms with van der Waals surface area (Å²) in [5.41, 5.74) is 0. The van der Waals surface area contributed by atoms with Gasteiger partial charge in [0, 0.05) is 12.6 Å². The SMILES string of the molecule is CCCCN1C[C@@H](O)C[C@@H]1CC. The summed E-state index contributed by atoms with van der Waals surface area (Å²) in [7, 11) is 0. The molecule has 2 atom stereocenters. The summed E-state index contributed by atoms with van der Waals surface area (Å²) in [6.45, 7) is 6.50. The molecule has 1 aliphatic heterocycles. The van der Waals surface area contributed by atoms with Gasteiger partial charge < -0.3 is 5.11 Å². The first-order valence-corrected chi connectivity index (χ1v) is 5.20. The number of aliphatic hydroxyl groups is 1. The van der Waals surface area contributed by atoms with Gasteiger partial charge in [0.15, 0.2) is 0 Å². The van der Waals surface area contributed by atoms with E-state index in [0.717, 1.165) is 13.0 Å². The molecule has 0 aromatic rings. The lowest BCUT2D eigenvalue weighted by Gasteiger charge is -2.22. The second kappa shape index (κ2) is 4.83. The molecule has 0 saturated carbocycles. The van der Waals surface area contributed by atoms with Gasteiger partial charge in [-0.25, -0.2) is 0 Å². The Bertz CT molecular complexity index is 127. The van der Waals surface area contributed by atoms with Gasteiger partial charge in [0.2, 0.25) is 0 Å². The van der Waals surface area contributed by atoms with Gasteiger partial charge >= 0.3 is 0 Å². The zero-order valence-electron chi connectivity index (χ0n) is 8.29. The highest BCUT2D eigenvalue weighted by atomic mass is 16.3. The average Bonchev–Trinajstić information content (AvgIpc) is 2.42. The smallest absolute Gasteiger partial charge is 0.0682 e. The van der Waals surface area contributed by atoms with Crippen LogP contribution in [0.15, 0.2) is 0 Å². The van der Waals surface area contributed by atoms with Crippen molar-refractivity contribution in [3.8, 4) is 0 Å². The van der Waals surface area contributed by atoms with Crippen LogP contribution in [0.25, 0.3) is 0 Å². The standard InChI is InChI=1S/C10H21NO/c1-3-5-6-11-8-10(12)7-9(11)4-2/h9-10,12H,3-8H2,1-2H3/t9-,10-/m0/s1. The van der Waals surface area contributed by atoms with Crippen molar-refractivity contribution >= 4 is 0 Å². The summed E-state index contributed by atoms with van der Waals surface area (Å²) < 4.78 is 0. The molecule has 1 fully saturated rings. The molecule has 0 aliphatic carbocycles. The molecule has 0 amide bonds. The molecular weight excluding hydrogens is 150 g/mol. The fourth-order valence-electron chi connectivity index (χ4n) is 2.02. The van der Waals surface area contributed by atoms with Gasteiger partial charge in [-0.3, -0.25) is 4.90 Å². The number of unbranched alkanes of at least 4 members (excludes halogenated alkanes) is 1. The molecule has 72 valence electrons. The van der Waals surface area contributed by atoms with E-state index in [4.69, 9.17) is 0 Å². The van der Waals surface area contributed by atoms with Gasteiger partial charge in [-0.05, 0) is 25.8 Å². The van der Waals surface area contributed by atoms with Crippen molar-refractivity contribution < 1.29 is 5.11 Å². The van der Waals surface area contributed by atoms with Gasteiger partial charge in [-0.15, -0.1) is 0 Å². The minimum atomic E-state index is -0.0631. The molecule has 0 bridgehead atoms. The Morgan fingerprint density at radius 1 is 1.42 bits per heavy atom. The second-order valence-electron chi connectivity index (χ2n) is 3.80. The molecular formula is C10H21NO. The predicted molar refractivity (Wildman–Crippen MR) is 51.2 cm³/mol. The third kappa shape index (κ3) is 2.46. The maximum absolute atomic E-state index is 9.46. The molecule has 0 aromatic heterocycles. The molecule has 1 N–H and O–H groups in total. The summed E-state index contributed by atoms with van der Waals surface area (Å²) in [6, 6.07) is 0.645. The number of aliphatic hydroxyl groups excluding tert-OH is 1. The molecule has 2 nitrogen and oxygen atoms in total. The second-order valence-corrected chi connectivity index (χ2v) is 3.80. The lowest BCUT2D eigenvalue weighted by atomic mass is 10.1. The lowest BCUT2D eigenvalue weighted by Crippen LogP contribution is -2.30. The van der Waals surface area contributed by atoms with E-state index in [1.165, 1.54) is 25.8 Å². The third-order valence-corrected chi connectivity index (χ3v) is 2.78. The molecule has 0 spiro atoms. The number of nitrogens with zero attached hydrogens (tertiary/aromatic N) is 1. The molecule has 0 radical (unpaired) electrons. The van der Waals surface area contributed by atoms with E-state index in [-0.39, 0.29) is 6.10 Å². The van der Waals surface area contributed by atoms with Crippen LogP contribution in [0.5, 0.6) is 0 Å². The summed E-state index contributed by atoms with van der Waals surface area (Å²) in [5, 5.41) is 9.46. The normalized spacial score (nSPS) is 31.2. The topological polar surface area (TPSA) is 23.5 Å². The Labute approximate surface area is 75.6 Å². The Hall–Kier alpha value is -0.0800. The molecule has 0 aromatic carbocycles. The first-order chi connectivity index (χ1) is 5.77. The predicted octanol–water partition coefficient (Wildman–Crippen LogP) is 1.63. The Morgan fingerprint density at radius 2 is 2.17 bits per heavy atom. The largest absolute Gasteiger partial charge is 0.392 e. The van der Waals surface area contributed by atoms with E-state index >= 15 is 0 Å². The van der Waals surface area contributed by atoms with Crippen LogP contribution in [0.2, 0.25) is 0 Å². The van der Waals surface area contributed by atoms with E-state index in [1.807, 2.05) is 0 Å². The molecule has 1 rings (SSSR count). The van der Waals surface area contributed by atoms with Crippen LogP contribution in [-0.2, 0) is 0 Å². The number of likely N-dealkylation sites (tertiary alicyclic amines) is 1. The van der Waals surface area contributed by atoms with E-state index < -0.39 is 0 Å². The van der Waals surface area contributed by atoms with E-state index in [9.17, 15) is 5.11 Å². The van der Waals surface area contributed by atoms with Crippen LogP contribution in [0.1, 0.15) is 39.5 Å². The lowest BCUT2D eigenvalue weighted by molar-refractivity contribution is 0.174. The van der Waals surface area contributed by atoms with Crippen molar-refractivity contribution in [2.24, 2.45) is 0 Å². The Kier molecular flexibility index (Phi) is 4.02. The van der Waals surface area contributed by atoms with Gasteiger partial charge in [-0.2, -0.15) is 0 Å². The van der Waals surface area contributed by atoms with Crippen LogP contribution >= 0.6 is 0 Å². The summed E-state index contributed by atoms with van der Waals surface area (Å²) >= 11 is 0. The van der Waals surface area contributed by atoms with Crippen molar-refractivity contribution in [1.29, 1.82) is 0 Å². The van der Waals surface area contributed by atoms with Crippen LogP contribution in [-0.4, -0.2) is 35.2 Å². The van der Waals surface area contributed by atoms with E-state index in [1.54, 1.807) is 0 Å². The summed E-state index contributed by atoms with van der Waals surface area (Å²) in [4.78, 5) is 2.44. The quantitative estimate of drug-likeness (QED) is 0.695. The summed E-state index contributed by atoms with van der Waals surface area (Å²) in [5.74, 6) is 0. The number of rotatable bonds is 4. The van der Waals surface area contributed by atoms with Crippen LogP contribution in [0, 0.1) is 0 Å². The first-order valence-electron chi connectivity index (χ1n) is 5.20. The Morgan fingerprint density at radius 3 is 2.75 bits per heavy atom. The van der Waals surface area contributed by atoms with Gasteiger partial charge in [0.25, 0.3) is 0 Å². The molecule has 2 heteroatoms. The van der Waals surface area contributed by atoms with Gasteiger partial charge in [0.05, 0.1) is 6.10 Å². The molecule has 1 aliphatic rings. The summed E-state index contributed by atoms with van der Waals surface area (Å²) in [6.07, 6.45) is 4.62. The number of hydrogen-bond donors (Lipinski definition) is 1. The number of hydrogen-bond acceptors (Lipinski definition) is 2. The fraction of sp³-hybridized carbons (Fsp3) is 1.00. The van der Waals surface area contributed by atoms with Gasteiger partial charge in [0.1, 0.15) is 0 Å². The number of β-amino-alcohol motifs (C(OH)–C–C–N with tert-alkyl or cyclic N) is 1. The first kappa shape index (κ1) is 10.0. The van der Waals surface area contributed by atoms with Crippen LogP contribution < -0.4 is 0 Å². The minimum absolute atomic E-state index is 0.0631. The highest BCUT2D eigenvalue weighted by molar-refractivity contribution is 4.83. The Balaban J connectivity index is 2.30. The molecule has 12 heavy (non-hydrogen) atoms. The monoisotopic (exact) mass is 171 g/mol.